The van der Waals surface area contributed by atoms with Crippen molar-refractivity contribution < 1.29 is 0 Å². The Morgan fingerprint density at radius 1 is 0.833 bits per heavy atom. The smallest absolute Gasteiger partial charge is 0.0869 e. The van der Waals surface area contributed by atoms with Gasteiger partial charge in [0.05, 0.1) is 12.3 Å². The summed E-state index contributed by atoms with van der Waals surface area (Å²) in [5.41, 5.74) is 0. The summed E-state index contributed by atoms with van der Waals surface area (Å²) in [7, 11) is 0. The first-order valence-electron chi connectivity index (χ1n) is 4.74. The molecule has 0 bridgehead atoms. The van der Waals surface area contributed by atoms with Crippen molar-refractivity contribution in [1.82, 2.24) is 21.3 Å². The molecule has 70 valence electrons. The molecule has 0 spiro atoms. The van der Waals surface area contributed by atoms with Crippen LogP contribution in [0.4, 0.5) is 0 Å². The van der Waals surface area contributed by atoms with Crippen molar-refractivity contribution in [3.63, 3.8) is 0 Å². The lowest BCUT2D eigenvalue weighted by Gasteiger charge is -2.43. The number of hydrogen-bond donors (Lipinski definition) is 4. The number of rotatable bonds is 0. The highest BCUT2D eigenvalue weighted by atomic mass is 15.3. The predicted octanol–water partition coefficient (Wildman–Crippen LogP) is -1.20. The molecule has 0 radical (unpaired) electrons. The molecule has 0 aromatic carbocycles. The first-order valence-corrected chi connectivity index (χ1v) is 4.74. The first kappa shape index (κ1) is 8.44. The van der Waals surface area contributed by atoms with Gasteiger partial charge in [-0.1, -0.05) is 0 Å². The third-order valence-electron chi connectivity index (χ3n) is 2.55. The van der Waals surface area contributed by atoms with Gasteiger partial charge in [0, 0.05) is 25.2 Å². The van der Waals surface area contributed by atoms with E-state index in [9.17, 15) is 0 Å². The van der Waals surface area contributed by atoms with Gasteiger partial charge in [0.15, 0.2) is 0 Å². The lowest BCUT2D eigenvalue weighted by molar-refractivity contribution is 0.161. The molecule has 0 aromatic heterocycles. The number of hydrogen-bond acceptors (Lipinski definition) is 4. The predicted molar refractivity (Wildman–Crippen MR) is 48.8 cm³/mol. The SMILES string of the molecule is CC1CNC2NC(C)CNC2N1. The van der Waals surface area contributed by atoms with Crippen molar-refractivity contribution in [3.05, 3.63) is 0 Å². The zero-order chi connectivity index (χ0) is 8.55. The van der Waals surface area contributed by atoms with Gasteiger partial charge in [0.2, 0.25) is 0 Å². The molecule has 4 N–H and O–H groups in total. The topological polar surface area (TPSA) is 48.1 Å². The summed E-state index contributed by atoms with van der Waals surface area (Å²) < 4.78 is 0. The van der Waals surface area contributed by atoms with Crippen LogP contribution < -0.4 is 21.3 Å². The summed E-state index contributed by atoms with van der Waals surface area (Å²) in [5, 5.41) is 13.9. The Kier molecular flexibility index (Phi) is 2.32. The molecule has 2 aliphatic heterocycles. The highest BCUT2D eigenvalue weighted by Crippen LogP contribution is 2.02. The second kappa shape index (κ2) is 3.30. The molecule has 2 aliphatic rings. The van der Waals surface area contributed by atoms with Gasteiger partial charge in [0.1, 0.15) is 0 Å². The van der Waals surface area contributed by atoms with Crippen LogP contribution in [0, 0.1) is 0 Å². The minimum atomic E-state index is 0.393. The minimum absolute atomic E-state index is 0.393. The molecule has 0 amide bonds. The molecular formula is C8H18N4. The van der Waals surface area contributed by atoms with Crippen LogP contribution >= 0.6 is 0 Å². The van der Waals surface area contributed by atoms with Crippen molar-refractivity contribution in [1.29, 1.82) is 0 Å². The summed E-state index contributed by atoms with van der Waals surface area (Å²) in [6.07, 6.45) is 0.787. The van der Waals surface area contributed by atoms with E-state index in [0.717, 1.165) is 13.1 Å². The van der Waals surface area contributed by atoms with Crippen molar-refractivity contribution in [3.8, 4) is 0 Å². The Bertz CT molecular complexity index is 143. The molecular weight excluding hydrogens is 152 g/mol. The first-order chi connectivity index (χ1) is 5.75. The second-order valence-corrected chi connectivity index (χ2v) is 3.91. The van der Waals surface area contributed by atoms with Gasteiger partial charge in [-0.15, -0.1) is 0 Å². The fourth-order valence-electron chi connectivity index (χ4n) is 1.88. The van der Waals surface area contributed by atoms with Gasteiger partial charge in [-0.3, -0.25) is 21.3 Å². The lowest BCUT2D eigenvalue weighted by Crippen LogP contribution is -2.74. The molecule has 2 saturated heterocycles. The maximum absolute atomic E-state index is 3.50. The monoisotopic (exact) mass is 170 g/mol. The van der Waals surface area contributed by atoms with E-state index in [-0.39, 0.29) is 0 Å². The zero-order valence-corrected chi connectivity index (χ0v) is 7.72. The van der Waals surface area contributed by atoms with Crippen LogP contribution in [-0.4, -0.2) is 37.5 Å². The van der Waals surface area contributed by atoms with Crippen LogP contribution in [0.1, 0.15) is 13.8 Å². The van der Waals surface area contributed by atoms with Crippen LogP contribution in [0.25, 0.3) is 0 Å². The van der Waals surface area contributed by atoms with E-state index in [1.54, 1.807) is 0 Å². The minimum Gasteiger partial charge on any atom is -0.298 e. The Labute approximate surface area is 73.5 Å². The van der Waals surface area contributed by atoms with Gasteiger partial charge in [-0.05, 0) is 13.8 Å². The summed E-state index contributed by atoms with van der Waals surface area (Å²) in [6.45, 7) is 6.48. The van der Waals surface area contributed by atoms with E-state index < -0.39 is 0 Å². The Morgan fingerprint density at radius 2 is 1.25 bits per heavy atom. The van der Waals surface area contributed by atoms with Gasteiger partial charge in [-0.2, -0.15) is 0 Å². The van der Waals surface area contributed by atoms with Crippen molar-refractivity contribution in [2.45, 2.75) is 38.3 Å². The van der Waals surface area contributed by atoms with E-state index in [1.165, 1.54) is 0 Å². The molecule has 2 heterocycles. The Morgan fingerprint density at radius 3 is 1.67 bits per heavy atom. The fourth-order valence-corrected chi connectivity index (χ4v) is 1.88. The number of fused-ring (bicyclic) bond motifs is 1. The molecule has 4 nitrogen and oxygen atoms in total. The number of nitrogens with one attached hydrogen (secondary N) is 4. The molecule has 2 fully saturated rings. The van der Waals surface area contributed by atoms with E-state index in [4.69, 9.17) is 0 Å². The van der Waals surface area contributed by atoms with Gasteiger partial charge in [-0.25, -0.2) is 0 Å². The molecule has 0 saturated carbocycles. The maximum Gasteiger partial charge on any atom is 0.0869 e. The average molecular weight is 170 g/mol. The molecule has 2 rings (SSSR count). The van der Waals surface area contributed by atoms with Crippen LogP contribution in [0.2, 0.25) is 0 Å². The van der Waals surface area contributed by atoms with Crippen LogP contribution in [0.3, 0.4) is 0 Å². The molecule has 0 aliphatic carbocycles. The average Bonchev–Trinajstić information content (AvgIpc) is 2.05. The van der Waals surface area contributed by atoms with Gasteiger partial charge in [0.25, 0.3) is 0 Å². The van der Waals surface area contributed by atoms with Crippen LogP contribution in [-0.2, 0) is 0 Å². The van der Waals surface area contributed by atoms with Crippen molar-refractivity contribution in [2.24, 2.45) is 0 Å². The highest BCUT2D eigenvalue weighted by molar-refractivity contribution is 4.92. The zero-order valence-electron chi connectivity index (χ0n) is 7.72. The normalized spacial score (nSPS) is 48.5. The molecule has 4 heteroatoms. The molecule has 4 atom stereocenters. The van der Waals surface area contributed by atoms with E-state index >= 15 is 0 Å². The van der Waals surface area contributed by atoms with Gasteiger partial charge < -0.3 is 0 Å². The summed E-state index contributed by atoms with van der Waals surface area (Å²) in [5.74, 6) is 0. The van der Waals surface area contributed by atoms with E-state index in [0.29, 0.717) is 24.4 Å². The van der Waals surface area contributed by atoms with E-state index in [1.807, 2.05) is 0 Å². The van der Waals surface area contributed by atoms with Gasteiger partial charge >= 0.3 is 0 Å². The second-order valence-electron chi connectivity index (χ2n) is 3.91. The standard InChI is InChI=1S/C8H18N4/c1-5-3-9-8-7(11-5)10-4-6(2)12-8/h5-12H,3-4H2,1-2H3. The summed E-state index contributed by atoms with van der Waals surface area (Å²) >= 11 is 0. The summed E-state index contributed by atoms with van der Waals surface area (Å²) in [6, 6.07) is 1.13. The largest absolute Gasteiger partial charge is 0.298 e. The molecule has 4 unspecified atom stereocenters. The van der Waals surface area contributed by atoms with Crippen LogP contribution in [0.15, 0.2) is 0 Å². The lowest BCUT2D eigenvalue weighted by atomic mass is 10.1. The summed E-state index contributed by atoms with van der Waals surface area (Å²) in [4.78, 5) is 0. The van der Waals surface area contributed by atoms with Crippen molar-refractivity contribution >= 4 is 0 Å². The molecule has 0 aromatic rings. The maximum atomic E-state index is 3.50. The van der Waals surface area contributed by atoms with Crippen LogP contribution in [0.5, 0.6) is 0 Å². The van der Waals surface area contributed by atoms with E-state index in [2.05, 4.69) is 35.1 Å². The highest BCUT2D eigenvalue weighted by Gasteiger charge is 2.31. The molecule has 12 heavy (non-hydrogen) atoms. The Hall–Kier alpha value is -0.160. The number of piperazine rings is 2. The van der Waals surface area contributed by atoms with Crippen molar-refractivity contribution in [2.75, 3.05) is 13.1 Å². The fraction of sp³-hybridized carbons (Fsp3) is 1.00. The quantitative estimate of drug-likeness (QED) is 0.369. The third-order valence-corrected chi connectivity index (χ3v) is 2.55. The Balaban J connectivity index is 1.94. The third kappa shape index (κ3) is 1.61.